The lowest BCUT2D eigenvalue weighted by atomic mass is 10.1. The van der Waals surface area contributed by atoms with Crippen molar-refractivity contribution in [2.45, 2.75) is 18.4 Å². The summed E-state index contributed by atoms with van der Waals surface area (Å²) in [4.78, 5) is 6.24. The van der Waals surface area contributed by atoms with E-state index in [4.69, 9.17) is 17.3 Å². The maximum absolute atomic E-state index is 6.06. The van der Waals surface area contributed by atoms with E-state index < -0.39 is 0 Å². The fraction of sp³-hybridized carbons (Fsp3) is 0.500. The molecule has 3 nitrogen and oxygen atoms in total. The van der Waals surface area contributed by atoms with Crippen LogP contribution in [-0.2, 0) is 5.54 Å². The minimum atomic E-state index is -0.185. The van der Waals surface area contributed by atoms with Gasteiger partial charge < -0.3 is 10.6 Å². The van der Waals surface area contributed by atoms with Crippen LogP contribution in [0.4, 0.5) is 5.69 Å². The molecule has 0 unspecified atom stereocenters. The van der Waals surface area contributed by atoms with E-state index in [-0.39, 0.29) is 5.54 Å². The van der Waals surface area contributed by atoms with Crippen molar-refractivity contribution in [2.24, 2.45) is 5.73 Å². The third-order valence-corrected chi connectivity index (χ3v) is 2.91. The Morgan fingerprint density at radius 3 is 2.64 bits per heavy atom. The number of nitrogens with zero attached hydrogens (tertiary/aromatic N) is 2. The van der Waals surface area contributed by atoms with Crippen molar-refractivity contribution in [1.29, 1.82) is 0 Å². The molecule has 1 aliphatic rings. The van der Waals surface area contributed by atoms with Crippen LogP contribution in [0.15, 0.2) is 12.3 Å². The molecule has 1 fully saturated rings. The van der Waals surface area contributed by atoms with Gasteiger partial charge in [-0.25, -0.2) is 0 Å². The molecular formula is C10H14ClN3. The molecule has 0 bridgehead atoms. The fourth-order valence-electron chi connectivity index (χ4n) is 1.43. The van der Waals surface area contributed by atoms with E-state index in [1.165, 1.54) is 0 Å². The van der Waals surface area contributed by atoms with Crippen molar-refractivity contribution in [3.8, 4) is 0 Å². The summed E-state index contributed by atoms with van der Waals surface area (Å²) in [5.41, 5.74) is 7.81. The number of aromatic nitrogens is 1. The second-order valence-electron chi connectivity index (χ2n) is 4.07. The molecule has 4 heteroatoms. The third-order valence-electron chi connectivity index (χ3n) is 2.62. The average Bonchev–Trinajstić information content (AvgIpc) is 2.85. The Kier molecular flexibility index (Phi) is 2.16. The van der Waals surface area contributed by atoms with Crippen molar-refractivity contribution in [1.82, 2.24) is 4.98 Å². The molecule has 0 radical (unpaired) electrons. The van der Waals surface area contributed by atoms with Crippen molar-refractivity contribution < 1.29 is 0 Å². The van der Waals surface area contributed by atoms with E-state index in [1.54, 1.807) is 6.20 Å². The van der Waals surface area contributed by atoms with Gasteiger partial charge in [0, 0.05) is 20.3 Å². The molecule has 14 heavy (non-hydrogen) atoms. The topological polar surface area (TPSA) is 42.1 Å². The second-order valence-corrected chi connectivity index (χ2v) is 4.48. The Balaban J connectivity index is 2.41. The van der Waals surface area contributed by atoms with Crippen LogP contribution < -0.4 is 10.6 Å². The number of pyridine rings is 1. The zero-order valence-corrected chi connectivity index (χ0v) is 9.17. The maximum atomic E-state index is 6.06. The number of hydrogen-bond acceptors (Lipinski definition) is 3. The van der Waals surface area contributed by atoms with E-state index >= 15 is 0 Å². The van der Waals surface area contributed by atoms with Crippen LogP contribution in [0.1, 0.15) is 18.5 Å². The molecule has 1 aromatic heterocycles. The Morgan fingerprint density at radius 2 is 2.14 bits per heavy atom. The molecule has 0 saturated heterocycles. The van der Waals surface area contributed by atoms with Gasteiger partial charge in [0.2, 0.25) is 0 Å². The first-order valence-corrected chi connectivity index (χ1v) is 5.03. The first kappa shape index (κ1) is 9.74. The van der Waals surface area contributed by atoms with Gasteiger partial charge in [-0.3, -0.25) is 4.98 Å². The van der Waals surface area contributed by atoms with Gasteiger partial charge in [-0.05, 0) is 18.9 Å². The molecule has 2 N–H and O–H groups in total. The smallest absolute Gasteiger partial charge is 0.0822 e. The summed E-state index contributed by atoms with van der Waals surface area (Å²) in [7, 11) is 3.92. The summed E-state index contributed by atoms with van der Waals surface area (Å²) in [6.45, 7) is 0. The molecule has 1 heterocycles. The first-order valence-electron chi connectivity index (χ1n) is 4.65. The molecule has 0 aromatic carbocycles. The van der Waals surface area contributed by atoms with Crippen LogP contribution in [0.5, 0.6) is 0 Å². The van der Waals surface area contributed by atoms with Crippen LogP contribution in [0.3, 0.4) is 0 Å². The Bertz CT molecular complexity index is 358. The van der Waals surface area contributed by atoms with E-state index in [0.29, 0.717) is 5.02 Å². The Morgan fingerprint density at radius 1 is 1.50 bits per heavy atom. The zero-order valence-electron chi connectivity index (χ0n) is 8.42. The quantitative estimate of drug-likeness (QED) is 0.811. The van der Waals surface area contributed by atoms with Crippen LogP contribution in [0.2, 0.25) is 5.02 Å². The van der Waals surface area contributed by atoms with Crippen molar-refractivity contribution in [2.75, 3.05) is 19.0 Å². The molecule has 1 saturated carbocycles. The van der Waals surface area contributed by atoms with E-state index in [9.17, 15) is 0 Å². The van der Waals surface area contributed by atoms with Gasteiger partial charge in [-0.2, -0.15) is 0 Å². The van der Waals surface area contributed by atoms with Gasteiger partial charge in [-0.15, -0.1) is 0 Å². The van der Waals surface area contributed by atoms with Gasteiger partial charge in [0.1, 0.15) is 0 Å². The molecular weight excluding hydrogens is 198 g/mol. The predicted molar refractivity (Wildman–Crippen MR) is 58.7 cm³/mol. The largest absolute Gasteiger partial charge is 0.376 e. The number of hydrogen-bond donors (Lipinski definition) is 1. The lowest BCUT2D eigenvalue weighted by Gasteiger charge is -2.17. The SMILES string of the molecule is CN(C)c1cc(C2(N)CC2)ncc1Cl. The monoisotopic (exact) mass is 211 g/mol. The highest BCUT2D eigenvalue weighted by Gasteiger charge is 2.41. The lowest BCUT2D eigenvalue weighted by molar-refractivity contribution is 0.707. The summed E-state index contributed by atoms with van der Waals surface area (Å²) in [5, 5.41) is 0.669. The predicted octanol–water partition coefficient (Wildman–Crippen LogP) is 1.75. The van der Waals surface area contributed by atoms with Gasteiger partial charge >= 0.3 is 0 Å². The Labute approximate surface area is 88.9 Å². The highest BCUT2D eigenvalue weighted by atomic mass is 35.5. The first-order chi connectivity index (χ1) is 6.53. The van der Waals surface area contributed by atoms with E-state index in [0.717, 1.165) is 24.2 Å². The van der Waals surface area contributed by atoms with Crippen molar-refractivity contribution in [3.05, 3.63) is 23.0 Å². The van der Waals surface area contributed by atoms with Gasteiger partial charge in [-0.1, -0.05) is 11.6 Å². The third kappa shape index (κ3) is 1.57. The highest BCUT2D eigenvalue weighted by Crippen LogP contribution is 2.43. The summed E-state index contributed by atoms with van der Waals surface area (Å²) in [6, 6.07) is 1.98. The molecule has 0 amide bonds. The van der Waals surface area contributed by atoms with Crippen LogP contribution >= 0.6 is 11.6 Å². The second kappa shape index (κ2) is 3.11. The van der Waals surface area contributed by atoms with Gasteiger partial charge in [0.25, 0.3) is 0 Å². The number of anilines is 1. The molecule has 76 valence electrons. The number of rotatable bonds is 2. The molecule has 0 aliphatic heterocycles. The van der Waals surface area contributed by atoms with Gasteiger partial charge in [0.15, 0.2) is 0 Å². The standard InChI is InChI=1S/C10H14ClN3/c1-14(2)8-5-9(10(12)3-4-10)13-6-7(8)11/h5-6H,3-4,12H2,1-2H3. The summed E-state index contributed by atoms with van der Waals surface area (Å²) < 4.78 is 0. The van der Waals surface area contributed by atoms with E-state index in [1.807, 2.05) is 25.1 Å². The maximum Gasteiger partial charge on any atom is 0.0822 e. The lowest BCUT2D eigenvalue weighted by Crippen LogP contribution is -2.21. The van der Waals surface area contributed by atoms with Crippen LogP contribution in [0, 0.1) is 0 Å². The number of nitrogens with two attached hydrogens (primary N) is 1. The molecule has 1 aromatic rings. The molecule has 1 aliphatic carbocycles. The van der Waals surface area contributed by atoms with Crippen LogP contribution in [-0.4, -0.2) is 19.1 Å². The van der Waals surface area contributed by atoms with Gasteiger partial charge in [0.05, 0.1) is 21.9 Å². The molecule has 2 rings (SSSR count). The fourth-order valence-corrected chi connectivity index (χ4v) is 1.71. The van der Waals surface area contributed by atoms with Crippen LogP contribution in [0.25, 0.3) is 0 Å². The summed E-state index contributed by atoms with van der Waals surface area (Å²) in [5.74, 6) is 0. The molecule has 0 spiro atoms. The van der Waals surface area contributed by atoms with Crippen molar-refractivity contribution >= 4 is 17.3 Å². The normalized spacial score (nSPS) is 18.0. The molecule has 0 atom stereocenters. The highest BCUT2D eigenvalue weighted by molar-refractivity contribution is 6.33. The van der Waals surface area contributed by atoms with Crippen molar-refractivity contribution in [3.63, 3.8) is 0 Å². The zero-order chi connectivity index (χ0) is 10.3. The Hall–Kier alpha value is -0.800. The summed E-state index contributed by atoms with van der Waals surface area (Å²) >= 11 is 6.02. The minimum Gasteiger partial charge on any atom is -0.376 e. The number of halogens is 1. The summed E-state index contributed by atoms with van der Waals surface area (Å²) in [6.07, 6.45) is 3.72. The minimum absolute atomic E-state index is 0.185. The average molecular weight is 212 g/mol. The van der Waals surface area contributed by atoms with E-state index in [2.05, 4.69) is 4.98 Å².